The van der Waals surface area contributed by atoms with Crippen LogP contribution in [0.4, 0.5) is 0 Å². The number of alkyl halides is 1. The van der Waals surface area contributed by atoms with Crippen LogP contribution in [0.1, 0.15) is 63.4 Å². The van der Waals surface area contributed by atoms with Crippen molar-refractivity contribution in [1.82, 2.24) is 9.55 Å². The lowest BCUT2D eigenvalue weighted by molar-refractivity contribution is 0.418. The summed E-state index contributed by atoms with van der Waals surface area (Å²) in [4.78, 5) is 4.64. The lowest BCUT2D eigenvalue weighted by atomic mass is 10.0. The van der Waals surface area contributed by atoms with Gasteiger partial charge >= 0.3 is 0 Å². The summed E-state index contributed by atoms with van der Waals surface area (Å²) in [5.41, 5.74) is 2.65. The maximum Gasteiger partial charge on any atom is 0.125 e. The molecule has 0 saturated heterocycles. The van der Waals surface area contributed by atoms with E-state index in [-0.39, 0.29) is 0 Å². The van der Waals surface area contributed by atoms with E-state index in [9.17, 15) is 0 Å². The van der Waals surface area contributed by atoms with Gasteiger partial charge in [-0.2, -0.15) is 5.26 Å². The number of unbranched alkanes of at least 4 members (excludes halogenated alkanes) is 1. The minimum absolute atomic E-state index is 0.406. The molecule has 0 spiro atoms. The third-order valence-electron chi connectivity index (χ3n) is 3.89. The molecule has 1 aromatic heterocycles. The van der Waals surface area contributed by atoms with Crippen molar-refractivity contribution < 1.29 is 0 Å². The topological polar surface area (TPSA) is 41.6 Å². The SMILES string of the molecule is CCCCC(CCC)n1c(CCl)nc2ccc(C#N)cc21. The summed E-state index contributed by atoms with van der Waals surface area (Å²) in [6.45, 7) is 4.42. The number of aromatic nitrogens is 2. The Hall–Kier alpha value is -1.53. The van der Waals surface area contributed by atoms with Crippen LogP contribution < -0.4 is 0 Å². The molecule has 1 heterocycles. The Morgan fingerprint density at radius 2 is 2.10 bits per heavy atom. The Balaban J connectivity index is 2.54. The van der Waals surface area contributed by atoms with E-state index >= 15 is 0 Å². The van der Waals surface area contributed by atoms with Crippen molar-refractivity contribution in [3.05, 3.63) is 29.6 Å². The second-order valence-corrected chi connectivity index (χ2v) is 5.70. The first-order valence-electron chi connectivity index (χ1n) is 7.72. The van der Waals surface area contributed by atoms with Gasteiger partial charge in [-0.1, -0.05) is 33.1 Å². The van der Waals surface area contributed by atoms with Gasteiger partial charge in [0.25, 0.3) is 0 Å². The first-order valence-corrected chi connectivity index (χ1v) is 8.25. The number of hydrogen-bond acceptors (Lipinski definition) is 2. The molecule has 1 atom stereocenters. The average molecular weight is 304 g/mol. The van der Waals surface area contributed by atoms with Crippen LogP contribution in [-0.2, 0) is 5.88 Å². The first kappa shape index (κ1) is 15.9. The summed E-state index contributed by atoms with van der Waals surface area (Å²) < 4.78 is 2.27. The molecule has 2 aromatic rings. The van der Waals surface area contributed by atoms with Crippen LogP contribution in [0.25, 0.3) is 11.0 Å². The molecule has 0 saturated carbocycles. The Morgan fingerprint density at radius 1 is 1.29 bits per heavy atom. The lowest BCUT2D eigenvalue weighted by Gasteiger charge is -2.21. The Morgan fingerprint density at radius 3 is 2.71 bits per heavy atom. The quantitative estimate of drug-likeness (QED) is 0.661. The van der Waals surface area contributed by atoms with Gasteiger partial charge < -0.3 is 4.57 Å². The van der Waals surface area contributed by atoms with Crippen molar-refractivity contribution >= 4 is 22.6 Å². The largest absolute Gasteiger partial charge is 0.324 e. The monoisotopic (exact) mass is 303 g/mol. The molecule has 1 unspecified atom stereocenters. The smallest absolute Gasteiger partial charge is 0.125 e. The lowest BCUT2D eigenvalue weighted by Crippen LogP contribution is -2.12. The molecule has 0 radical (unpaired) electrons. The standard InChI is InChI=1S/C17H22ClN3/c1-3-5-7-14(6-4-2)21-16-10-13(12-19)8-9-15(16)20-17(21)11-18/h8-10,14H,3-7,11H2,1-2H3. The van der Waals surface area contributed by atoms with Crippen LogP contribution in [0.2, 0.25) is 0 Å². The fourth-order valence-electron chi connectivity index (χ4n) is 2.89. The van der Waals surface area contributed by atoms with Crippen LogP contribution in [0.3, 0.4) is 0 Å². The van der Waals surface area contributed by atoms with Gasteiger partial charge in [0, 0.05) is 6.04 Å². The van der Waals surface area contributed by atoms with Crippen LogP contribution >= 0.6 is 11.6 Å². The highest BCUT2D eigenvalue weighted by atomic mass is 35.5. The third kappa shape index (κ3) is 3.39. The normalized spacial score (nSPS) is 12.5. The average Bonchev–Trinajstić information content (AvgIpc) is 2.88. The molecule has 3 nitrogen and oxygen atoms in total. The van der Waals surface area contributed by atoms with Gasteiger partial charge in [-0.3, -0.25) is 0 Å². The molecule has 0 aliphatic carbocycles. The van der Waals surface area contributed by atoms with Crippen molar-refractivity contribution in [1.29, 1.82) is 5.26 Å². The second kappa shape index (κ2) is 7.47. The molecule has 0 aliphatic heterocycles. The van der Waals surface area contributed by atoms with Crippen molar-refractivity contribution in [2.45, 2.75) is 57.9 Å². The van der Waals surface area contributed by atoms with Crippen molar-refractivity contribution in [3.8, 4) is 6.07 Å². The van der Waals surface area contributed by atoms with Crippen molar-refractivity contribution in [2.24, 2.45) is 0 Å². The fraction of sp³-hybridized carbons (Fsp3) is 0.529. The number of nitrogens with zero attached hydrogens (tertiary/aromatic N) is 3. The summed E-state index contributed by atoms with van der Waals surface area (Å²) in [6.07, 6.45) is 5.77. The minimum Gasteiger partial charge on any atom is -0.324 e. The fourth-order valence-corrected chi connectivity index (χ4v) is 3.08. The van der Waals surface area contributed by atoms with E-state index in [0.29, 0.717) is 17.5 Å². The van der Waals surface area contributed by atoms with E-state index in [1.54, 1.807) is 0 Å². The zero-order chi connectivity index (χ0) is 15.2. The highest BCUT2D eigenvalue weighted by molar-refractivity contribution is 6.16. The highest BCUT2D eigenvalue weighted by Gasteiger charge is 2.18. The number of fused-ring (bicyclic) bond motifs is 1. The summed E-state index contributed by atoms with van der Waals surface area (Å²) in [5, 5.41) is 9.13. The highest BCUT2D eigenvalue weighted by Crippen LogP contribution is 2.29. The van der Waals surface area contributed by atoms with Gasteiger partial charge in [0.2, 0.25) is 0 Å². The Bertz CT molecular complexity index is 639. The van der Waals surface area contributed by atoms with Gasteiger partial charge in [-0.15, -0.1) is 11.6 Å². The van der Waals surface area contributed by atoms with Crippen LogP contribution in [0.5, 0.6) is 0 Å². The van der Waals surface area contributed by atoms with Gasteiger partial charge in [0.1, 0.15) is 5.82 Å². The predicted octanol–water partition coefficient (Wildman–Crippen LogP) is 5.18. The molecular formula is C17H22ClN3. The summed E-state index contributed by atoms with van der Waals surface area (Å²) in [5.74, 6) is 1.32. The second-order valence-electron chi connectivity index (χ2n) is 5.43. The van der Waals surface area contributed by atoms with E-state index in [4.69, 9.17) is 16.9 Å². The van der Waals surface area contributed by atoms with Gasteiger partial charge in [0.15, 0.2) is 0 Å². The molecule has 0 fully saturated rings. The number of rotatable bonds is 7. The van der Waals surface area contributed by atoms with Crippen LogP contribution in [0, 0.1) is 11.3 Å². The third-order valence-corrected chi connectivity index (χ3v) is 4.13. The number of hydrogen-bond donors (Lipinski definition) is 0. The number of halogens is 1. The zero-order valence-corrected chi connectivity index (χ0v) is 13.5. The number of benzene rings is 1. The molecule has 0 amide bonds. The van der Waals surface area contributed by atoms with Crippen LogP contribution in [-0.4, -0.2) is 9.55 Å². The predicted molar refractivity (Wildman–Crippen MR) is 87.5 cm³/mol. The maximum absolute atomic E-state index is 9.13. The molecule has 4 heteroatoms. The number of imidazole rings is 1. The Labute approximate surface area is 131 Å². The molecule has 112 valence electrons. The molecular weight excluding hydrogens is 282 g/mol. The van der Waals surface area contributed by atoms with Crippen LogP contribution in [0.15, 0.2) is 18.2 Å². The molecule has 2 rings (SSSR count). The van der Waals surface area contributed by atoms with Gasteiger partial charge in [-0.25, -0.2) is 4.98 Å². The molecule has 0 bridgehead atoms. The molecule has 1 aromatic carbocycles. The van der Waals surface area contributed by atoms with E-state index in [1.807, 2.05) is 18.2 Å². The minimum atomic E-state index is 0.406. The Kier molecular flexibility index (Phi) is 5.64. The molecule has 21 heavy (non-hydrogen) atoms. The van der Waals surface area contributed by atoms with Crippen molar-refractivity contribution in [2.75, 3.05) is 0 Å². The number of nitriles is 1. The first-order chi connectivity index (χ1) is 10.2. The van der Waals surface area contributed by atoms with Gasteiger partial charge in [-0.05, 0) is 31.0 Å². The maximum atomic E-state index is 9.13. The summed E-state index contributed by atoms with van der Waals surface area (Å²) in [7, 11) is 0. The van der Waals surface area contributed by atoms with E-state index in [2.05, 4.69) is 29.5 Å². The molecule has 0 N–H and O–H groups in total. The van der Waals surface area contributed by atoms with E-state index in [0.717, 1.165) is 36.1 Å². The summed E-state index contributed by atoms with van der Waals surface area (Å²) in [6, 6.07) is 8.31. The van der Waals surface area contributed by atoms with Crippen molar-refractivity contribution in [3.63, 3.8) is 0 Å². The summed E-state index contributed by atoms with van der Waals surface area (Å²) >= 11 is 6.11. The zero-order valence-electron chi connectivity index (χ0n) is 12.8. The molecule has 0 aliphatic rings. The van der Waals surface area contributed by atoms with Gasteiger partial charge in [0.05, 0.1) is 28.5 Å². The van der Waals surface area contributed by atoms with E-state index < -0.39 is 0 Å². The van der Waals surface area contributed by atoms with E-state index in [1.165, 1.54) is 12.8 Å².